The van der Waals surface area contributed by atoms with Crippen molar-refractivity contribution < 1.29 is 4.52 Å². The average Bonchev–Trinajstić information content (AvgIpc) is 2.77. The summed E-state index contributed by atoms with van der Waals surface area (Å²) in [7, 11) is 0. The summed E-state index contributed by atoms with van der Waals surface area (Å²) in [5, 5.41) is 4.09. The first kappa shape index (κ1) is 11.3. The number of nitrogens with two attached hydrogens (primary N) is 1. The molecule has 1 aromatic carbocycles. The van der Waals surface area contributed by atoms with Crippen LogP contribution in [0, 0.1) is 6.92 Å². The molecule has 3 heteroatoms. The number of fused-ring (bicyclic) bond motifs is 1. The van der Waals surface area contributed by atoms with Crippen LogP contribution in [-0.4, -0.2) is 5.16 Å². The summed E-state index contributed by atoms with van der Waals surface area (Å²) < 4.78 is 4.98. The van der Waals surface area contributed by atoms with Crippen LogP contribution in [0.1, 0.15) is 47.6 Å². The smallest absolute Gasteiger partial charge is 0.147 e. The standard InChI is InChI=1S/C15H18N2O/c1-9-4-3-5-12-10(2)13(7-6-11(9)12)15-14(16)8-18-17-15/h3-5,8,10,13H,6-7,16H2,1-2H3. The lowest BCUT2D eigenvalue weighted by molar-refractivity contribution is 0.389. The molecule has 2 atom stereocenters. The molecule has 94 valence electrons. The van der Waals surface area contributed by atoms with E-state index in [1.165, 1.54) is 23.0 Å². The lowest BCUT2D eigenvalue weighted by atomic mass is 9.73. The number of aromatic nitrogens is 1. The Morgan fingerprint density at radius 1 is 1.39 bits per heavy atom. The van der Waals surface area contributed by atoms with E-state index in [4.69, 9.17) is 10.3 Å². The number of hydrogen-bond acceptors (Lipinski definition) is 3. The van der Waals surface area contributed by atoms with Gasteiger partial charge in [-0.2, -0.15) is 0 Å². The maximum Gasteiger partial charge on any atom is 0.147 e. The Balaban J connectivity index is 2.02. The molecule has 18 heavy (non-hydrogen) atoms. The molecule has 0 fully saturated rings. The first-order valence-corrected chi connectivity index (χ1v) is 6.46. The van der Waals surface area contributed by atoms with Crippen LogP contribution in [0.3, 0.4) is 0 Å². The van der Waals surface area contributed by atoms with Crippen LogP contribution in [-0.2, 0) is 6.42 Å². The van der Waals surface area contributed by atoms with Crippen LogP contribution in [0.2, 0.25) is 0 Å². The summed E-state index contributed by atoms with van der Waals surface area (Å²) in [5.41, 5.74) is 11.9. The molecule has 3 rings (SSSR count). The van der Waals surface area contributed by atoms with Crippen LogP contribution in [0.15, 0.2) is 29.0 Å². The van der Waals surface area contributed by atoms with Crippen molar-refractivity contribution >= 4 is 5.69 Å². The molecule has 1 aliphatic rings. The van der Waals surface area contributed by atoms with E-state index < -0.39 is 0 Å². The zero-order valence-corrected chi connectivity index (χ0v) is 10.8. The van der Waals surface area contributed by atoms with Crippen molar-refractivity contribution in [2.24, 2.45) is 0 Å². The molecule has 3 nitrogen and oxygen atoms in total. The summed E-state index contributed by atoms with van der Waals surface area (Å²) in [6.45, 7) is 4.45. The third-order valence-corrected chi connectivity index (χ3v) is 4.22. The number of aryl methyl sites for hydroxylation is 1. The van der Waals surface area contributed by atoms with Crippen LogP contribution in [0.4, 0.5) is 5.69 Å². The molecule has 0 bridgehead atoms. The third kappa shape index (κ3) is 1.62. The molecule has 2 N–H and O–H groups in total. The molecule has 1 aliphatic carbocycles. The summed E-state index contributed by atoms with van der Waals surface area (Å²) in [6.07, 6.45) is 3.73. The zero-order chi connectivity index (χ0) is 12.7. The topological polar surface area (TPSA) is 52.0 Å². The highest BCUT2D eigenvalue weighted by Crippen LogP contribution is 2.43. The minimum atomic E-state index is 0.373. The lowest BCUT2D eigenvalue weighted by Crippen LogP contribution is -2.19. The molecular weight excluding hydrogens is 224 g/mol. The second kappa shape index (κ2) is 4.16. The van der Waals surface area contributed by atoms with Crippen LogP contribution in [0.5, 0.6) is 0 Å². The van der Waals surface area contributed by atoms with Gasteiger partial charge in [0.1, 0.15) is 12.0 Å². The van der Waals surface area contributed by atoms with E-state index in [-0.39, 0.29) is 0 Å². The van der Waals surface area contributed by atoms with Crippen molar-refractivity contribution in [3.05, 3.63) is 46.8 Å². The minimum Gasteiger partial charge on any atom is -0.395 e. The fourth-order valence-electron chi connectivity index (χ4n) is 3.17. The molecule has 2 unspecified atom stereocenters. The Morgan fingerprint density at radius 2 is 2.22 bits per heavy atom. The Labute approximate surface area is 107 Å². The highest BCUT2D eigenvalue weighted by Gasteiger charge is 2.31. The summed E-state index contributed by atoms with van der Waals surface area (Å²) >= 11 is 0. The molecule has 2 aromatic rings. The van der Waals surface area contributed by atoms with Gasteiger partial charge >= 0.3 is 0 Å². The number of anilines is 1. The first-order valence-electron chi connectivity index (χ1n) is 6.46. The van der Waals surface area contributed by atoms with Crippen LogP contribution >= 0.6 is 0 Å². The Hall–Kier alpha value is -1.77. The number of rotatable bonds is 1. The normalized spacial score (nSPS) is 22.8. The van der Waals surface area contributed by atoms with Gasteiger partial charge in [-0.15, -0.1) is 0 Å². The lowest BCUT2D eigenvalue weighted by Gasteiger charge is -2.31. The van der Waals surface area contributed by atoms with Crippen molar-refractivity contribution in [2.75, 3.05) is 5.73 Å². The van der Waals surface area contributed by atoms with Crippen molar-refractivity contribution in [2.45, 2.75) is 38.5 Å². The molecule has 0 spiro atoms. The molecule has 0 radical (unpaired) electrons. The Morgan fingerprint density at radius 3 is 2.94 bits per heavy atom. The van der Waals surface area contributed by atoms with Gasteiger partial charge in [-0.05, 0) is 42.4 Å². The zero-order valence-electron chi connectivity index (χ0n) is 10.8. The maximum absolute atomic E-state index is 5.93. The van der Waals surface area contributed by atoms with E-state index in [2.05, 4.69) is 37.2 Å². The highest BCUT2D eigenvalue weighted by atomic mass is 16.5. The van der Waals surface area contributed by atoms with Crippen LogP contribution in [0.25, 0.3) is 0 Å². The summed E-state index contributed by atoms with van der Waals surface area (Å²) in [5.74, 6) is 0.819. The van der Waals surface area contributed by atoms with Crippen molar-refractivity contribution in [3.63, 3.8) is 0 Å². The molecular formula is C15H18N2O. The van der Waals surface area contributed by atoms with Gasteiger partial charge in [-0.25, -0.2) is 0 Å². The number of nitrogens with zero attached hydrogens (tertiary/aromatic N) is 1. The van der Waals surface area contributed by atoms with E-state index in [9.17, 15) is 0 Å². The van der Waals surface area contributed by atoms with Gasteiger partial charge < -0.3 is 10.3 Å². The fourth-order valence-corrected chi connectivity index (χ4v) is 3.17. The van der Waals surface area contributed by atoms with Crippen LogP contribution < -0.4 is 5.73 Å². The number of benzene rings is 1. The Bertz CT molecular complexity index is 574. The monoisotopic (exact) mass is 242 g/mol. The van der Waals surface area contributed by atoms with E-state index in [1.807, 2.05) is 0 Å². The van der Waals surface area contributed by atoms with E-state index in [1.54, 1.807) is 0 Å². The van der Waals surface area contributed by atoms with Crippen molar-refractivity contribution in [3.8, 4) is 0 Å². The average molecular weight is 242 g/mol. The fraction of sp³-hybridized carbons (Fsp3) is 0.400. The van der Waals surface area contributed by atoms with Gasteiger partial charge in [0, 0.05) is 5.92 Å². The molecule has 0 aliphatic heterocycles. The largest absolute Gasteiger partial charge is 0.395 e. The number of nitrogen functional groups attached to an aromatic ring is 1. The summed E-state index contributed by atoms with van der Waals surface area (Å²) in [4.78, 5) is 0. The quantitative estimate of drug-likeness (QED) is 0.833. The maximum atomic E-state index is 5.93. The predicted molar refractivity (Wildman–Crippen MR) is 71.6 cm³/mol. The minimum absolute atomic E-state index is 0.373. The van der Waals surface area contributed by atoms with Crippen molar-refractivity contribution in [1.29, 1.82) is 0 Å². The van der Waals surface area contributed by atoms with Gasteiger partial charge in [0.25, 0.3) is 0 Å². The van der Waals surface area contributed by atoms with Gasteiger partial charge in [-0.3, -0.25) is 0 Å². The van der Waals surface area contributed by atoms with Gasteiger partial charge in [0.15, 0.2) is 0 Å². The van der Waals surface area contributed by atoms with E-state index >= 15 is 0 Å². The first-order chi connectivity index (χ1) is 8.68. The highest BCUT2D eigenvalue weighted by molar-refractivity contribution is 5.46. The Kier molecular flexibility index (Phi) is 2.62. The van der Waals surface area contributed by atoms with E-state index in [0.29, 0.717) is 17.5 Å². The van der Waals surface area contributed by atoms with Gasteiger partial charge in [0.2, 0.25) is 0 Å². The molecule has 0 saturated heterocycles. The SMILES string of the molecule is Cc1cccc2c1CCC(c1nocc1N)C2C. The van der Waals surface area contributed by atoms with E-state index in [0.717, 1.165) is 18.5 Å². The van der Waals surface area contributed by atoms with Gasteiger partial charge in [-0.1, -0.05) is 30.3 Å². The molecule has 0 saturated carbocycles. The third-order valence-electron chi connectivity index (χ3n) is 4.22. The second-order valence-electron chi connectivity index (χ2n) is 5.23. The molecule has 0 amide bonds. The molecule has 1 aromatic heterocycles. The predicted octanol–water partition coefficient (Wildman–Crippen LogP) is 3.40. The van der Waals surface area contributed by atoms with Gasteiger partial charge in [0.05, 0.1) is 5.69 Å². The number of hydrogen-bond donors (Lipinski definition) is 1. The van der Waals surface area contributed by atoms with Crippen molar-refractivity contribution in [1.82, 2.24) is 5.16 Å². The molecule has 1 heterocycles. The second-order valence-corrected chi connectivity index (χ2v) is 5.23. The summed E-state index contributed by atoms with van der Waals surface area (Å²) in [6, 6.07) is 6.56.